The number of hydrogen-bond acceptors (Lipinski definition) is 5. The molecule has 1 heterocycles. The predicted molar refractivity (Wildman–Crippen MR) is 98.6 cm³/mol. The van der Waals surface area contributed by atoms with Gasteiger partial charge in [-0.25, -0.2) is 12.8 Å². The van der Waals surface area contributed by atoms with Gasteiger partial charge in [-0.15, -0.1) is 0 Å². The first-order valence-corrected chi connectivity index (χ1v) is 10.0. The van der Waals surface area contributed by atoms with Gasteiger partial charge < -0.3 is 15.0 Å². The standard InChI is InChI=1S/C16H22FN3O4S2/c1-24-15(21)6-3-7-18-16(25)19-8-10-20(11-9-19)26(22,23)14-5-2-4-13(17)12-14/h2,4-5,12H,3,6-11H2,1H3,(H,18,25). The lowest BCUT2D eigenvalue weighted by atomic mass is 10.3. The molecule has 0 radical (unpaired) electrons. The van der Waals surface area contributed by atoms with Crippen LogP contribution >= 0.6 is 12.2 Å². The molecular weight excluding hydrogens is 381 g/mol. The number of esters is 1. The third kappa shape index (κ3) is 5.36. The molecule has 2 rings (SSSR count). The maximum Gasteiger partial charge on any atom is 0.305 e. The average molecular weight is 404 g/mol. The highest BCUT2D eigenvalue weighted by molar-refractivity contribution is 7.89. The summed E-state index contributed by atoms with van der Waals surface area (Å²) in [6.45, 7) is 1.95. The van der Waals surface area contributed by atoms with Crippen molar-refractivity contribution in [3.63, 3.8) is 0 Å². The number of piperazine rings is 1. The molecule has 1 aromatic rings. The molecule has 1 fully saturated rings. The van der Waals surface area contributed by atoms with Crippen molar-refractivity contribution in [1.29, 1.82) is 0 Å². The smallest absolute Gasteiger partial charge is 0.305 e. The predicted octanol–water partition coefficient (Wildman–Crippen LogP) is 0.960. The van der Waals surface area contributed by atoms with Crippen LogP contribution in [0.4, 0.5) is 4.39 Å². The van der Waals surface area contributed by atoms with E-state index in [1.54, 1.807) is 0 Å². The van der Waals surface area contributed by atoms with Gasteiger partial charge in [0.15, 0.2) is 5.11 Å². The van der Waals surface area contributed by atoms with E-state index in [0.29, 0.717) is 37.6 Å². The zero-order chi connectivity index (χ0) is 19.2. The molecule has 0 aromatic heterocycles. The Labute approximate surface area is 158 Å². The van der Waals surface area contributed by atoms with E-state index in [1.165, 1.54) is 29.6 Å². The van der Waals surface area contributed by atoms with E-state index in [-0.39, 0.29) is 24.0 Å². The molecule has 1 N–H and O–H groups in total. The number of carbonyl (C=O) groups excluding carboxylic acids is 1. The maximum atomic E-state index is 13.3. The number of nitrogens with one attached hydrogen (secondary N) is 1. The average Bonchev–Trinajstić information content (AvgIpc) is 2.65. The number of carbonyl (C=O) groups is 1. The fraction of sp³-hybridized carbons (Fsp3) is 0.500. The fourth-order valence-electron chi connectivity index (χ4n) is 2.55. The minimum Gasteiger partial charge on any atom is -0.469 e. The van der Waals surface area contributed by atoms with Crippen molar-refractivity contribution in [2.24, 2.45) is 0 Å². The second-order valence-corrected chi connectivity index (χ2v) is 8.08. The van der Waals surface area contributed by atoms with Crippen LogP contribution in [0.15, 0.2) is 29.2 Å². The van der Waals surface area contributed by atoms with Gasteiger partial charge in [0.2, 0.25) is 10.0 Å². The maximum absolute atomic E-state index is 13.3. The van der Waals surface area contributed by atoms with Gasteiger partial charge in [0, 0.05) is 39.1 Å². The number of nitrogens with zero attached hydrogens (tertiary/aromatic N) is 2. The first-order valence-electron chi connectivity index (χ1n) is 8.20. The molecular formula is C16H22FN3O4S2. The van der Waals surface area contributed by atoms with Gasteiger partial charge in [0.25, 0.3) is 0 Å². The Hall–Kier alpha value is -1.78. The lowest BCUT2D eigenvalue weighted by Crippen LogP contribution is -2.53. The Bertz CT molecular complexity index is 750. The molecule has 0 atom stereocenters. The van der Waals surface area contributed by atoms with Crippen molar-refractivity contribution < 1.29 is 22.3 Å². The molecule has 0 amide bonds. The number of rotatable bonds is 6. The Balaban J connectivity index is 1.83. The fourth-order valence-corrected chi connectivity index (χ4v) is 4.29. The Morgan fingerprint density at radius 2 is 2.00 bits per heavy atom. The van der Waals surface area contributed by atoms with Crippen molar-refractivity contribution in [1.82, 2.24) is 14.5 Å². The zero-order valence-electron chi connectivity index (χ0n) is 14.5. The third-order valence-electron chi connectivity index (χ3n) is 4.02. The molecule has 144 valence electrons. The van der Waals surface area contributed by atoms with Crippen molar-refractivity contribution in [3.05, 3.63) is 30.1 Å². The van der Waals surface area contributed by atoms with Crippen molar-refractivity contribution in [2.75, 3.05) is 39.8 Å². The number of ether oxygens (including phenoxy) is 1. The van der Waals surface area contributed by atoms with Gasteiger partial charge in [-0.2, -0.15) is 4.31 Å². The number of methoxy groups -OCH3 is 1. The van der Waals surface area contributed by atoms with Crippen LogP contribution in [0, 0.1) is 5.82 Å². The van der Waals surface area contributed by atoms with Crippen LogP contribution in [0.3, 0.4) is 0 Å². The summed E-state index contributed by atoms with van der Waals surface area (Å²) in [6, 6.07) is 5.00. The highest BCUT2D eigenvalue weighted by Gasteiger charge is 2.29. The number of sulfonamides is 1. The number of halogens is 1. The Kier molecular flexibility index (Phi) is 7.30. The molecule has 1 saturated heterocycles. The summed E-state index contributed by atoms with van der Waals surface area (Å²) in [5.74, 6) is -0.851. The SMILES string of the molecule is COC(=O)CCCNC(=S)N1CCN(S(=O)(=O)c2cccc(F)c2)CC1. The molecule has 0 spiro atoms. The molecule has 1 aliphatic heterocycles. The highest BCUT2D eigenvalue weighted by atomic mass is 32.2. The van der Waals surface area contributed by atoms with Crippen molar-refractivity contribution in [3.8, 4) is 0 Å². The van der Waals surface area contributed by atoms with Crippen LogP contribution in [0.1, 0.15) is 12.8 Å². The van der Waals surface area contributed by atoms with Gasteiger partial charge in [0.1, 0.15) is 5.82 Å². The van der Waals surface area contributed by atoms with E-state index in [4.69, 9.17) is 12.2 Å². The summed E-state index contributed by atoms with van der Waals surface area (Å²) >= 11 is 5.31. The molecule has 1 aliphatic rings. The van der Waals surface area contributed by atoms with Crippen molar-refractivity contribution in [2.45, 2.75) is 17.7 Å². The Morgan fingerprint density at radius 1 is 1.31 bits per heavy atom. The summed E-state index contributed by atoms with van der Waals surface area (Å²) in [7, 11) is -2.37. The molecule has 7 nitrogen and oxygen atoms in total. The summed E-state index contributed by atoms with van der Waals surface area (Å²) < 4.78 is 44.3. The van der Waals surface area contributed by atoms with Crippen LogP contribution < -0.4 is 5.32 Å². The third-order valence-corrected chi connectivity index (χ3v) is 6.32. The van der Waals surface area contributed by atoms with E-state index in [1.807, 2.05) is 4.90 Å². The summed E-state index contributed by atoms with van der Waals surface area (Å²) in [6.07, 6.45) is 0.909. The molecule has 0 bridgehead atoms. The summed E-state index contributed by atoms with van der Waals surface area (Å²) in [5, 5.41) is 3.58. The van der Waals surface area contributed by atoms with Gasteiger partial charge in [0.05, 0.1) is 12.0 Å². The van der Waals surface area contributed by atoms with Crippen LogP contribution in [0.2, 0.25) is 0 Å². The first kappa shape index (κ1) is 20.5. The lowest BCUT2D eigenvalue weighted by molar-refractivity contribution is -0.140. The first-order chi connectivity index (χ1) is 12.3. The molecule has 0 aliphatic carbocycles. The van der Waals surface area contributed by atoms with Gasteiger partial charge in [-0.05, 0) is 36.8 Å². The van der Waals surface area contributed by atoms with E-state index in [2.05, 4.69) is 10.1 Å². The largest absolute Gasteiger partial charge is 0.469 e. The molecule has 0 saturated carbocycles. The van der Waals surface area contributed by atoms with Crippen molar-refractivity contribution >= 4 is 33.3 Å². The normalized spacial score (nSPS) is 15.5. The molecule has 0 unspecified atom stereocenters. The number of thiocarbonyl (C=S) groups is 1. The monoisotopic (exact) mass is 403 g/mol. The van der Waals surface area contributed by atoms with Gasteiger partial charge in [-0.1, -0.05) is 6.07 Å². The summed E-state index contributed by atoms with van der Waals surface area (Å²) in [4.78, 5) is 12.9. The minimum absolute atomic E-state index is 0.0468. The van der Waals surface area contributed by atoms with E-state index in [9.17, 15) is 17.6 Å². The second-order valence-electron chi connectivity index (χ2n) is 5.76. The van der Waals surface area contributed by atoms with E-state index in [0.717, 1.165) is 6.07 Å². The molecule has 26 heavy (non-hydrogen) atoms. The van der Waals surface area contributed by atoms with E-state index < -0.39 is 15.8 Å². The zero-order valence-corrected chi connectivity index (χ0v) is 16.1. The lowest BCUT2D eigenvalue weighted by Gasteiger charge is -2.35. The topological polar surface area (TPSA) is 79.0 Å². The molecule has 10 heteroatoms. The summed E-state index contributed by atoms with van der Waals surface area (Å²) in [5.41, 5.74) is 0. The minimum atomic E-state index is -3.72. The van der Waals surface area contributed by atoms with Crippen LogP contribution in [0.5, 0.6) is 0 Å². The van der Waals surface area contributed by atoms with Gasteiger partial charge in [-0.3, -0.25) is 4.79 Å². The number of hydrogen-bond donors (Lipinski definition) is 1. The Morgan fingerprint density at radius 3 is 2.62 bits per heavy atom. The van der Waals surface area contributed by atoms with Crippen LogP contribution in [-0.2, 0) is 19.6 Å². The quantitative estimate of drug-likeness (QED) is 0.431. The number of benzene rings is 1. The van der Waals surface area contributed by atoms with Crippen LogP contribution in [0.25, 0.3) is 0 Å². The second kappa shape index (κ2) is 9.24. The van der Waals surface area contributed by atoms with E-state index >= 15 is 0 Å². The molecule has 1 aromatic carbocycles. The van der Waals surface area contributed by atoms with Gasteiger partial charge >= 0.3 is 5.97 Å². The highest BCUT2D eigenvalue weighted by Crippen LogP contribution is 2.18. The van der Waals surface area contributed by atoms with Crippen LogP contribution in [-0.4, -0.2) is 68.5 Å².